The summed E-state index contributed by atoms with van der Waals surface area (Å²) in [5, 5.41) is 3.00. The third kappa shape index (κ3) is 4.01. The monoisotopic (exact) mass is 298 g/mol. The molecule has 22 heavy (non-hydrogen) atoms. The smallest absolute Gasteiger partial charge is 0.220 e. The number of nitrogens with two attached hydrogens (primary N) is 1. The molecule has 0 aliphatic heterocycles. The van der Waals surface area contributed by atoms with Gasteiger partial charge in [-0.25, -0.2) is 0 Å². The van der Waals surface area contributed by atoms with E-state index in [1.807, 2.05) is 55.5 Å². The van der Waals surface area contributed by atoms with Crippen LogP contribution in [0.3, 0.4) is 0 Å². The van der Waals surface area contributed by atoms with E-state index in [4.69, 9.17) is 10.5 Å². The number of carbonyl (C=O) groups is 1. The Morgan fingerprint density at radius 1 is 1.18 bits per heavy atom. The normalized spacial score (nSPS) is 11.7. The van der Waals surface area contributed by atoms with Gasteiger partial charge >= 0.3 is 0 Å². The van der Waals surface area contributed by atoms with Gasteiger partial charge in [0, 0.05) is 17.7 Å². The Hall–Kier alpha value is -2.49. The molecule has 2 aromatic rings. The Bertz CT molecular complexity index is 640. The van der Waals surface area contributed by atoms with Gasteiger partial charge in [-0.05, 0) is 31.0 Å². The van der Waals surface area contributed by atoms with Gasteiger partial charge in [-0.15, -0.1) is 0 Å². The Labute approximate surface area is 131 Å². The molecule has 1 amide bonds. The zero-order valence-corrected chi connectivity index (χ0v) is 13.0. The lowest BCUT2D eigenvalue weighted by atomic mass is 10.1. The maximum Gasteiger partial charge on any atom is 0.220 e. The Morgan fingerprint density at radius 3 is 2.59 bits per heavy atom. The highest BCUT2D eigenvalue weighted by Crippen LogP contribution is 2.24. The van der Waals surface area contributed by atoms with Crippen LogP contribution in [-0.2, 0) is 11.2 Å². The van der Waals surface area contributed by atoms with Gasteiger partial charge < -0.3 is 15.8 Å². The van der Waals surface area contributed by atoms with E-state index in [0.29, 0.717) is 12.8 Å². The number of ether oxygens (including phenoxy) is 1. The van der Waals surface area contributed by atoms with Crippen LogP contribution in [-0.4, -0.2) is 13.0 Å². The zero-order chi connectivity index (χ0) is 15.9. The van der Waals surface area contributed by atoms with E-state index in [-0.39, 0.29) is 11.9 Å². The average molecular weight is 298 g/mol. The summed E-state index contributed by atoms with van der Waals surface area (Å²) in [6.07, 6.45) is 1.05. The molecule has 0 heterocycles. The zero-order valence-electron chi connectivity index (χ0n) is 13.0. The minimum absolute atomic E-state index is 0.00154. The number of nitrogens with one attached hydrogen (secondary N) is 1. The molecule has 0 aromatic heterocycles. The molecule has 0 saturated heterocycles. The molecule has 0 aliphatic rings. The van der Waals surface area contributed by atoms with Crippen molar-refractivity contribution in [3.05, 3.63) is 59.7 Å². The van der Waals surface area contributed by atoms with Gasteiger partial charge in [-0.2, -0.15) is 0 Å². The highest BCUT2D eigenvalue weighted by molar-refractivity contribution is 5.77. The number of nitrogen functional groups attached to an aromatic ring is 1. The van der Waals surface area contributed by atoms with Gasteiger partial charge in [-0.1, -0.05) is 36.4 Å². The van der Waals surface area contributed by atoms with E-state index in [1.54, 1.807) is 7.11 Å². The summed E-state index contributed by atoms with van der Waals surface area (Å²) >= 11 is 0. The Morgan fingerprint density at radius 2 is 1.86 bits per heavy atom. The molecule has 3 N–H and O–H groups in total. The molecule has 0 saturated carbocycles. The SMILES string of the molecule is COc1ccccc1C(C)NC(=O)CCc1ccccc1N. The molecule has 0 fully saturated rings. The highest BCUT2D eigenvalue weighted by Gasteiger charge is 2.13. The number of methoxy groups -OCH3 is 1. The minimum Gasteiger partial charge on any atom is -0.496 e. The molecule has 0 radical (unpaired) electrons. The van der Waals surface area contributed by atoms with Crippen LogP contribution in [0.25, 0.3) is 0 Å². The molecule has 2 rings (SSSR count). The average Bonchev–Trinajstić information content (AvgIpc) is 2.54. The number of hydrogen-bond acceptors (Lipinski definition) is 3. The lowest BCUT2D eigenvalue weighted by Crippen LogP contribution is -2.27. The first-order valence-electron chi connectivity index (χ1n) is 7.37. The fraction of sp³-hybridized carbons (Fsp3) is 0.278. The van der Waals surface area contributed by atoms with E-state index in [1.165, 1.54) is 0 Å². The molecule has 0 bridgehead atoms. The van der Waals surface area contributed by atoms with E-state index in [2.05, 4.69) is 5.32 Å². The molecule has 116 valence electrons. The van der Waals surface area contributed by atoms with Crippen LogP contribution < -0.4 is 15.8 Å². The summed E-state index contributed by atoms with van der Waals surface area (Å²) in [5.41, 5.74) is 8.59. The predicted octanol–water partition coefficient (Wildman–Crippen LogP) is 3.09. The molecule has 4 heteroatoms. The molecule has 0 aliphatic carbocycles. The van der Waals surface area contributed by atoms with Gasteiger partial charge in [0.2, 0.25) is 5.91 Å². The predicted molar refractivity (Wildman–Crippen MR) is 88.7 cm³/mol. The summed E-state index contributed by atoms with van der Waals surface area (Å²) in [5.74, 6) is 0.782. The third-order valence-electron chi connectivity index (χ3n) is 3.66. The fourth-order valence-electron chi connectivity index (χ4n) is 2.43. The van der Waals surface area contributed by atoms with Crippen molar-refractivity contribution in [2.24, 2.45) is 0 Å². The number of hydrogen-bond donors (Lipinski definition) is 2. The van der Waals surface area contributed by atoms with Gasteiger partial charge in [0.1, 0.15) is 5.75 Å². The lowest BCUT2D eigenvalue weighted by molar-refractivity contribution is -0.121. The number of para-hydroxylation sites is 2. The Kier molecular flexibility index (Phi) is 5.42. The van der Waals surface area contributed by atoms with Crippen molar-refractivity contribution >= 4 is 11.6 Å². The Balaban J connectivity index is 1.93. The highest BCUT2D eigenvalue weighted by atomic mass is 16.5. The number of amides is 1. The van der Waals surface area contributed by atoms with Crippen molar-refractivity contribution in [2.75, 3.05) is 12.8 Å². The van der Waals surface area contributed by atoms with Crippen molar-refractivity contribution in [3.8, 4) is 5.75 Å². The molecular weight excluding hydrogens is 276 g/mol. The van der Waals surface area contributed by atoms with Gasteiger partial charge in [0.25, 0.3) is 0 Å². The second-order valence-corrected chi connectivity index (χ2v) is 5.23. The van der Waals surface area contributed by atoms with E-state index in [9.17, 15) is 4.79 Å². The second kappa shape index (κ2) is 7.50. The summed E-state index contributed by atoms with van der Waals surface area (Å²) in [7, 11) is 1.63. The molecule has 1 unspecified atom stereocenters. The molecule has 1 atom stereocenters. The minimum atomic E-state index is -0.100. The number of aryl methyl sites for hydroxylation is 1. The molecule has 0 spiro atoms. The fourth-order valence-corrected chi connectivity index (χ4v) is 2.43. The first kappa shape index (κ1) is 15.9. The topological polar surface area (TPSA) is 64.3 Å². The third-order valence-corrected chi connectivity index (χ3v) is 3.66. The van der Waals surface area contributed by atoms with Gasteiger partial charge in [0.15, 0.2) is 0 Å². The van der Waals surface area contributed by atoms with Crippen molar-refractivity contribution in [2.45, 2.75) is 25.8 Å². The van der Waals surface area contributed by atoms with Crippen LogP contribution in [0.4, 0.5) is 5.69 Å². The summed E-state index contributed by atoms with van der Waals surface area (Å²) in [4.78, 5) is 12.1. The molecular formula is C18H22N2O2. The number of benzene rings is 2. The van der Waals surface area contributed by atoms with Crippen LogP contribution in [0.2, 0.25) is 0 Å². The van der Waals surface area contributed by atoms with Crippen LogP contribution >= 0.6 is 0 Å². The van der Waals surface area contributed by atoms with Crippen molar-refractivity contribution in [1.82, 2.24) is 5.32 Å². The quantitative estimate of drug-likeness (QED) is 0.805. The van der Waals surface area contributed by atoms with Crippen molar-refractivity contribution in [3.63, 3.8) is 0 Å². The van der Waals surface area contributed by atoms with Crippen LogP contribution in [0.1, 0.15) is 30.5 Å². The van der Waals surface area contributed by atoms with Gasteiger partial charge in [-0.3, -0.25) is 4.79 Å². The van der Waals surface area contributed by atoms with Crippen LogP contribution in [0.5, 0.6) is 5.75 Å². The standard InChI is InChI=1S/C18H22N2O2/c1-13(15-8-4-6-10-17(15)22-2)20-18(21)12-11-14-7-3-5-9-16(14)19/h3-10,13H,11-12,19H2,1-2H3,(H,20,21). The van der Waals surface area contributed by atoms with Crippen LogP contribution in [0, 0.1) is 0 Å². The number of anilines is 1. The maximum absolute atomic E-state index is 12.1. The first-order chi connectivity index (χ1) is 10.6. The number of carbonyl (C=O) groups excluding carboxylic acids is 1. The lowest BCUT2D eigenvalue weighted by Gasteiger charge is -2.17. The van der Waals surface area contributed by atoms with E-state index < -0.39 is 0 Å². The second-order valence-electron chi connectivity index (χ2n) is 5.23. The molecule has 4 nitrogen and oxygen atoms in total. The van der Waals surface area contributed by atoms with E-state index >= 15 is 0 Å². The largest absolute Gasteiger partial charge is 0.496 e. The van der Waals surface area contributed by atoms with Crippen LogP contribution in [0.15, 0.2) is 48.5 Å². The first-order valence-corrected chi connectivity index (χ1v) is 7.37. The van der Waals surface area contributed by atoms with E-state index in [0.717, 1.165) is 22.6 Å². The maximum atomic E-state index is 12.1. The summed E-state index contributed by atoms with van der Waals surface area (Å²) in [6, 6.07) is 15.2. The van der Waals surface area contributed by atoms with Crippen molar-refractivity contribution < 1.29 is 9.53 Å². The summed E-state index contributed by atoms with van der Waals surface area (Å²) in [6.45, 7) is 1.95. The molecule has 2 aromatic carbocycles. The van der Waals surface area contributed by atoms with Crippen molar-refractivity contribution in [1.29, 1.82) is 0 Å². The number of rotatable bonds is 6. The van der Waals surface area contributed by atoms with Gasteiger partial charge in [0.05, 0.1) is 13.2 Å². The summed E-state index contributed by atoms with van der Waals surface area (Å²) < 4.78 is 5.33.